The Hall–Kier alpha value is -1.52. The van der Waals surface area contributed by atoms with Gasteiger partial charge >= 0.3 is 0 Å². The highest BCUT2D eigenvalue weighted by molar-refractivity contribution is 5.43. The third-order valence-corrected chi connectivity index (χ3v) is 4.12. The van der Waals surface area contributed by atoms with E-state index in [1.807, 2.05) is 24.3 Å². The van der Waals surface area contributed by atoms with Crippen LogP contribution in [-0.4, -0.2) is 44.6 Å². The smallest absolute Gasteiger partial charge is 0.161 e. The fraction of sp³-hybridized carbons (Fsp3) is 0.556. The first-order valence-electron chi connectivity index (χ1n) is 8.15. The van der Waals surface area contributed by atoms with Crippen molar-refractivity contribution < 1.29 is 19.5 Å². The molecule has 1 aliphatic heterocycles. The van der Waals surface area contributed by atoms with Crippen LogP contribution in [0.15, 0.2) is 30.9 Å². The minimum atomic E-state index is -0.439. The number of aliphatic hydroxyl groups is 1. The molecule has 0 saturated carbocycles. The summed E-state index contributed by atoms with van der Waals surface area (Å²) in [5.74, 6) is 1.39. The molecule has 122 valence electrons. The van der Waals surface area contributed by atoms with Crippen LogP contribution in [0.2, 0.25) is 0 Å². The summed E-state index contributed by atoms with van der Waals surface area (Å²) < 4.78 is 11.1. The summed E-state index contributed by atoms with van der Waals surface area (Å²) in [6.45, 7) is 7.14. The van der Waals surface area contributed by atoms with E-state index < -0.39 is 6.10 Å². The number of ether oxygens (including phenoxy) is 2. The highest BCUT2D eigenvalue weighted by Gasteiger charge is 2.18. The van der Waals surface area contributed by atoms with E-state index in [0.29, 0.717) is 18.1 Å². The second-order valence-corrected chi connectivity index (χ2v) is 5.96. The van der Waals surface area contributed by atoms with Gasteiger partial charge in [-0.2, -0.15) is 0 Å². The molecule has 0 bridgehead atoms. The van der Waals surface area contributed by atoms with Crippen molar-refractivity contribution in [3.8, 4) is 11.5 Å². The molecule has 0 aromatic heterocycles. The van der Waals surface area contributed by atoms with Crippen molar-refractivity contribution in [2.75, 3.05) is 33.4 Å². The van der Waals surface area contributed by atoms with E-state index in [2.05, 4.69) is 6.58 Å². The molecule has 2 N–H and O–H groups in total. The third kappa shape index (κ3) is 5.04. The van der Waals surface area contributed by atoms with Crippen LogP contribution >= 0.6 is 0 Å². The van der Waals surface area contributed by atoms with E-state index >= 15 is 0 Å². The van der Waals surface area contributed by atoms with Gasteiger partial charge in [-0.3, -0.25) is 0 Å². The molecule has 1 atom stereocenters. The van der Waals surface area contributed by atoms with Gasteiger partial charge in [-0.25, -0.2) is 0 Å². The zero-order valence-electron chi connectivity index (χ0n) is 13.5. The Balaban J connectivity index is 1.85. The number of nitrogens with one attached hydrogen (secondary N) is 1. The van der Waals surface area contributed by atoms with E-state index in [1.54, 1.807) is 7.11 Å². The topological polar surface area (TPSA) is 43.1 Å². The van der Waals surface area contributed by atoms with Crippen molar-refractivity contribution in [2.45, 2.75) is 31.8 Å². The SMILES string of the molecule is C=CCc1ccc(OC[C@@H](O)C[NH+]2CCCCC2)c(OC)c1. The number of quaternary nitrogens is 1. The first kappa shape index (κ1) is 16.8. The lowest BCUT2D eigenvalue weighted by molar-refractivity contribution is -0.908. The molecular formula is C18H28NO3+. The predicted molar refractivity (Wildman–Crippen MR) is 87.8 cm³/mol. The Morgan fingerprint density at radius 2 is 2.05 bits per heavy atom. The normalized spacial score (nSPS) is 17.0. The van der Waals surface area contributed by atoms with Crippen LogP contribution in [0, 0.1) is 0 Å². The number of methoxy groups -OCH3 is 1. The number of rotatable bonds is 8. The van der Waals surface area contributed by atoms with Gasteiger partial charge in [0.25, 0.3) is 0 Å². The number of allylic oxidation sites excluding steroid dienone is 1. The minimum Gasteiger partial charge on any atom is -0.493 e. The van der Waals surface area contributed by atoms with Crippen molar-refractivity contribution in [2.24, 2.45) is 0 Å². The van der Waals surface area contributed by atoms with Crippen LogP contribution in [-0.2, 0) is 6.42 Å². The number of benzene rings is 1. The standard InChI is InChI=1S/C18H27NO3/c1-3-7-15-8-9-17(18(12-15)21-2)22-14-16(20)13-19-10-5-4-6-11-19/h3,8-9,12,16,20H,1,4-7,10-11,13-14H2,2H3/p+1/t16-/m0/s1. The van der Waals surface area contributed by atoms with Crippen molar-refractivity contribution in [3.05, 3.63) is 36.4 Å². The van der Waals surface area contributed by atoms with Crippen LogP contribution < -0.4 is 14.4 Å². The maximum Gasteiger partial charge on any atom is 0.161 e. The van der Waals surface area contributed by atoms with E-state index in [4.69, 9.17) is 9.47 Å². The molecule has 4 heteroatoms. The maximum absolute atomic E-state index is 10.2. The van der Waals surface area contributed by atoms with E-state index in [1.165, 1.54) is 24.2 Å². The average molecular weight is 306 g/mol. The number of hydrogen-bond acceptors (Lipinski definition) is 3. The van der Waals surface area contributed by atoms with Gasteiger partial charge < -0.3 is 19.5 Å². The van der Waals surface area contributed by atoms with E-state index in [0.717, 1.165) is 31.6 Å². The third-order valence-electron chi connectivity index (χ3n) is 4.12. The monoisotopic (exact) mass is 306 g/mol. The van der Waals surface area contributed by atoms with Gasteiger partial charge in [-0.1, -0.05) is 12.1 Å². The average Bonchev–Trinajstić information content (AvgIpc) is 2.54. The first-order valence-corrected chi connectivity index (χ1v) is 8.15. The molecule has 22 heavy (non-hydrogen) atoms. The van der Waals surface area contributed by atoms with Crippen LogP contribution in [0.5, 0.6) is 11.5 Å². The lowest BCUT2D eigenvalue weighted by Gasteiger charge is -2.25. The van der Waals surface area contributed by atoms with Crippen LogP contribution in [0.3, 0.4) is 0 Å². The number of hydrogen-bond donors (Lipinski definition) is 2. The Kier molecular flexibility index (Phi) is 6.74. The Morgan fingerprint density at radius 3 is 2.73 bits per heavy atom. The molecule has 0 aliphatic carbocycles. The lowest BCUT2D eigenvalue weighted by atomic mass is 10.1. The van der Waals surface area contributed by atoms with Crippen LogP contribution in [0.25, 0.3) is 0 Å². The zero-order chi connectivity index (χ0) is 15.8. The van der Waals surface area contributed by atoms with Gasteiger partial charge in [0.15, 0.2) is 11.5 Å². The largest absolute Gasteiger partial charge is 0.493 e. The van der Waals surface area contributed by atoms with Crippen molar-refractivity contribution in [1.29, 1.82) is 0 Å². The molecule has 0 spiro atoms. The fourth-order valence-corrected chi connectivity index (χ4v) is 2.96. The minimum absolute atomic E-state index is 0.306. The van der Waals surface area contributed by atoms with Gasteiger partial charge in [0.1, 0.15) is 19.3 Å². The first-order chi connectivity index (χ1) is 10.7. The molecule has 1 aromatic carbocycles. The number of aliphatic hydroxyl groups excluding tert-OH is 1. The second-order valence-electron chi connectivity index (χ2n) is 5.96. The van der Waals surface area contributed by atoms with Gasteiger partial charge in [-0.15, -0.1) is 6.58 Å². The maximum atomic E-state index is 10.2. The summed E-state index contributed by atoms with van der Waals surface area (Å²) in [6.07, 6.45) is 6.08. The summed E-state index contributed by atoms with van der Waals surface area (Å²) in [6, 6.07) is 5.86. The molecule has 1 fully saturated rings. The zero-order valence-corrected chi connectivity index (χ0v) is 13.5. The van der Waals surface area contributed by atoms with E-state index in [9.17, 15) is 5.11 Å². The van der Waals surface area contributed by atoms with E-state index in [-0.39, 0.29) is 0 Å². The second kappa shape index (κ2) is 8.81. The van der Waals surface area contributed by atoms with Gasteiger partial charge in [-0.05, 0) is 43.4 Å². The Morgan fingerprint density at radius 1 is 1.27 bits per heavy atom. The number of piperidine rings is 1. The van der Waals surface area contributed by atoms with Gasteiger partial charge in [0.05, 0.1) is 20.2 Å². The lowest BCUT2D eigenvalue weighted by Crippen LogP contribution is -3.14. The number of likely N-dealkylation sites (tertiary alicyclic amines) is 1. The molecule has 1 heterocycles. The van der Waals surface area contributed by atoms with Crippen molar-refractivity contribution >= 4 is 0 Å². The molecule has 1 aliphatic rings. The van der Waals surface area contributed by atoms with Gasteiger partial charge in [0.2, 0.25) is 0 Å². The molecule has 0 unspecified atom stereocenters. The summed E-state index contributed by atoms with van der Waals surface area (Å²) in [4.78, 5) is 1.48. The van der Waals surface area contributed by atoms with Crippen LogP contribution in [0.4, 0.5) is 0 Å². The molecular weight excluding hydrogens is 278 g/mol. The fourth-order valence-electron chi connectivity index (χ4n) is 2.96. The summed E-state index contributed by atoms with van der Waals surface area (Å²) >= 11 is 0. The molecule has 0 amide bonds. The highest BCUT2D eigenvalue weighted by Crippen LogP contribution is 2.28. The summed E-state index contributed by atoms with van der Waals surface area (Å²) in [5.41, 5.74) is 1.14. The molecule has 0 radical (unpaired) electrons. The molecule has 1 aromatic rings. The highest BCUT2D eigenvalue weighted by atomic mass is 16.5. The quantitative estimate of drug-likeness (QED) is 0.710. The van der Waals surface area contributed by atoms with Crippen molar-refractivity contribution in [3.63, 3.8) is 0 Å². The molecule has 2 rings (SSSR count). The molecule has 4 nitrogen and oxygen atoms in total. The van der Waals surface area contributed by atoms with Crippen molar-refractivity contribution in [1.82, 2.24) is 0 Å². The summed E-state index contributed by atoms with van der Waals surface area (Å²) in [5, 5.41) is 10.2. The van der Waals surface area contributed by atoms with Gasteiger partial charge in [0, 0.05) is 0 Å². The molecule has 1 saturated heterocycles. The van der Waals surface area contributed by atoms with Crippen LogP contribution in [0.1, 0.15) is 24.8 Å². The Labute approximate surface area is 133 Å². The predicted octanol–water partition coefficient (Wildman–Crippen LogP) is 1.23. The summed E-state index contributed by atoms with van der Waals surface area (Å²) in [7, 11) is 1.63. The Bertz CT molecular complexity index is 469.